The van der Waals surface area contributed by atoms with Gasteiger partial charge in [-0.25, -0.2) is 4.98 Å². The van der Waals surface area contributed by atoms with E-state index in [0.29, 0.717) is 13.1 Å². The number of carbonyl (C=O) groups excluding carboxylic acids is 1. The number of likely N-dealkylation sites (tertiary alicyclic amines) is 1. The molecule has 2 rings (SSSR count). The molecule has 1 saturated heterocycles. The Morgan fingerprint density at radius 1 is 1.33 bits per heavy atom. The van der Waals surface area contributed by atoms with Gasteiger partial charge < -0.3 is 10.2 Å². The molecule has 1 N–H and O–H groups in total. The third-order valence-electron chi connectivity index (χ3n) is 3.49. The summed E-state index contributed by atoms with van der Waals surface area (Å²) in [7, 11) is 0. The number of aromatic nitrogens is 1. The molecule has 1 fully saturated rings. The summed E-state index contributed by atoms with van der Waals surface area (Å²) in [5, 5.41) is 2.75. The van der Waals surface area contributed by atoms with Crippen LogP contribution in [-0.4, -0.2) is 34.9 Å². The van der Waals surface area contributed by atoms with Crippen LogP contribution in [-0.2, 0) is 11.0 Å². The molecule has 1 aliphatic rings. The first-order valence-electron chi connectivity index (χ1n) is 6.96. The van der Waals surface area contributed by atoms with Crippen molar-refractivity contribution in [2.75, 3.05) is 18.4 Å². The summed E-state index contributed by atoms with van der Waals surface area (Å²) in [6.45, 7) is 3.06. The summed E-state index contributed by atoms with van der Waals surface area (Å²) >= 11 is 0. The molecular weight excluding hydrogens is 283 g/mol. The molecule has 0 aliphatic carbocycles. The molecule has 1 atom stereocenters. The molecule has 116 valence electrons. The van der Waals surface area contributed by atoms with Gasteiger partial charge >= 0.3 is 6.18 Å². The fourth-order valence-corrected chi connectivity index (χ4v) is 2.36. The van der Waals surface area contributed by atoms with Crippen molar-refractivity contribution in [2.45, 2.75) is 38.4 Å². The molecule has 7 heteroatoms. The van der Waals surface area contributed by atoms with Gasteiger partial charge in [0.25, 0.3) is 0 Å². The van der Waals surface area contributed by atoms with Gasteiger partial charge in [-0.2, -0.15) is 13.2 Å². The maximum atomic E-state index is 12.6. The zero-order chi connectivity index (χ0) is 15.5. The lowest BCUT2D eigenvalue weighted by atomic mass is 10.1. The third kappa shape index (κ3) is 4.09. The predicted octanol–water partition coefficient (Wildman–Crippen LogP) is 2.91. The van der Waals surface area contributed by atoms with Crippen LogP contribution in [0.4, 0.5) is 19.0 Å². The van der Waals surface area contributed by atoms with E-state index in [9.17, 15) is 18.0 Å². The maximum absolute atomic E-state index is 12.6. The second-order valence-corrected chi connectivity index (χ2v) is 5.18. The fraction of sp³-hybridized carbons (Fsp3) is 0.571. The minimum Gasteiger partial charge on any atom is -0.359 e. The zero-order valence-corrected chi connectivity index (χ0v) is 11.8. The van der Waals surface area contributed by atoms with Gasteiger partial charge in [-0.15, -0.1) is 0 Å². The van der Waals surface area contributed by atoms with Crippen LogP contribution in [0.2, 0.25) is 0 Å². The number of nitrogens with one attached hydrogen (secondary N) is 1. The lowest BCUT2D eigenvalue weighted by Crippen LogP contribution is -2.44. The number of pyridine rings is 1. The van der Waals surface area contributed by atoms with E-state index in [2.05, 4.69) is 10.3 Å². The van der Waals surface area contributed by atoms with E-state index in [1.165, 1.54) is 0 Å². The normalized spacial score (nSPS) is 17.4. The number of hydrogen-bond acceptors (Lipinski definition) is 3. The van der Waals surface area contributed by atoms with Crippen LogP contribution < -0.4 is 5.32 Å². The van der Waals surface area contributed by atoms with Gasteiger partial charge in [0.2, 0.25) is 5.91 Å². The van der Waals surface area contributed by atoms with E-state index in [-0.39, 0.29) is 11.7 Å². The van der Waals surface area contributed by atoms with E-state index in [4.69, 9.17) is 0 Å². The number of halogens is 3. The molecule has 1 amide bonds. The number of piperidine rings is 1. The number of carbonyl (C=O) groups is 1. The summed E-state index contributed by atoms with van der Waals surface area (Å²) < 4.78 is 37.9. The van der Waals surface area contributed by atoms with Crippen LogP contribution in [0, 0.1) is 0 Å². The number of nitrogens with zero attached hydrogens (tertiary/aromatic N) is 2. The SMILES string of the molecule is CC(Nc1cc(C(F)(F)F)ccn1)C(=O)N1CCCCC1. The molecule has 1 unspecified atom stereocenters. The second kappa shape index (κ2) is 6.32. The van der Waals surface area contributed by atoms with E-state index in [1.54, 1.807) is 11.8 Å². The third-order valence-corrected chi connectivity index (χ3v) is 3.49. The lowest BCUT2D eigenvalue weighted by Gasteiger charge is -2.29. The van der Waals surface area contributed by atoms with Gasteiger partial charge in [0, 0.05) is 19.3 Å². The molecule has 1 aromatic rings. The highest BCUT2D eigenvalue weighted by molar-refractivity contribution is 5.84. The summed E-state index contributed by atoms with van der Waals surface area (Å²) in [4.78, 5) is 17.8. The Hall–Kier alpha value is -1.79. The summed E-state index contributed by atoms with van der Waals surface area (Å²) in [5.41, 5.74) is -0.780. The standard InChI is InChI=1S/C14H18F3N3O/c1-10(13(21)20-7-3-2-4-8-20)19-12-9-11(5-6-18-12)14(15,16)17/h5-6,9-10H,2-4,7-8H2,1H3,(H,18,19). The topological polar surface area (TPSA) is 45.2 Å². The lowest BCUT2D eigenvalue weighted by molar-refractivity contribution is -0.137. The summed E-state index contributed by atoms with van der Waals surface area (Å²) in [6.07, 6.45) is -0.274. The Morgan fingerprint density at radius 2 is 2.00 bits per heavy atom. The average molecular weight is 301 g/mol. The fourth-order valence-electron chi connectivity index (χ4n) is 2.36. The molecule has 0 saturated carbocycles. The van der Waals surface area contributed by atoms with Crippen molar-refractivity contribution in [2.24, 2.45) is 0 Å². The van der Waals surface area contributed by atoms with Gasteiger partial charge in [0.1, 0.15) is 11.9 Å². The van der Waals surface area contributed by atoms with Gasteiger partial charge in [0.15, 0.2) is 0 Å². The molecular formula is C14H18F3N3O. The molecule has 4 nitrogen and oxygen atoms in total. The largest absolute Gasteiger partial charge is 0.416 e. The van der Waals surface area contributed by atoms with Crippen LogP contribution in [0.3, 0.4) is 0 Å². The Balaban J connectivity index is 2.02. The van der Waals surface area contributed by atoms with Crippen LogP contribution in [0.1, 0.15) is 31.7 Å². The minimum absolute atomic E-state index is 0.0580. The van der Waals surface area contributed by atoms with Crippen molar-refractivity contribution >= 4 is 11.7 Å². The molecule has 2 heterocycles. The monoisotopic (exact) mass is 301 g/mol. The van der Waals surface area contributed by atoms with E-state index < -0.39 is 17.8 Å². The van der Waals surface area contributed by atoms with Crippen LogP contribution in [0.5, 0.6) is 0 Å². The van der Waals surface area contributed by atoms with Crippen molar-refractivity contribution < 1.29 is 18.0 Å². The zero-order valence-electron chi connectivity index (χ0n) is 11.8. The van der Waals surface area contributed by atoms with Crippen molar-refractivity contribution in [3.8, 4) is 0 Å². The Bertz CT molecular complexity index is 498. The number of rotatable bonds is 3. The van der Waals surface area contributed by atoms with Gasteiger partial charge in [-0.05, 0) is 38.3 Å². The molecule has 1 aliphatic heterocycles. The Kier molecular flexibility index (Phi) is 4.69. The predicted molar refractivity (Wildman–Crippen MR) is 72.8 cm³/mol. The Morgan fingerprint density at radius 3 is 2.62 bits per heavy atom. The van der Waals surface area contributed by atoms with Gasteiger partial charge in [-0.1, -0.05) is 0 Å². The summed E-state index contributed by atoms with van der Waals surface area (Å²) in [5.74, 6) is -0.0448. The smallest absolute Gasteiger partial charge is 0.359 e. The van der Waals surface area contributed by atoms with Crippen molar-refractivity contribution in [3.63, 3.8) is 0 Å². The molecule has 0 bridgehead atoms. The van der Waals surface area contributed by atoms with Crippen molar-refractivity contribution in [3.05, 3.63) is 23.9 Å². The highest BCUT2D eigenvalue weighted by atomic mass is 19.4. The van der Waals surface area contributed by atoms with Gasteiger partial charge in [0.05, 0.1) is 5.56 Å². The van der Waals surface area contributed by atoms with Crippen LogP contribution in [0.15, 0.2) is 18.3 Å². The minimum atomic E-state index is -4.42. The maximum Gasteiger partial charge on any atom is 0.416 e. The highest BCUT2D eigenvalue weighted by Crippen LogP contribution is 2.30. The van der Waals surface area contributed by atoms with E-state index >= 15 is 0 Å². The second-order valence-electron chi connectivity index (χ2n) is 5.18. The average Bonchev–Trinajstić information content (AvgIpc) is 2.47. The quantitative estimate of drug-likeness (QED) is 0.933. The molecule has 0 radical (unpaired) electrons. The van der Waals surface area contributed by atoms with E-state index in [0.717, 1.165) is 37.6 Å². The first-order chi connectivity index (χ1) is 9.88. The first kappa shape index (κ1) is 15.6. The van der Waals surface area contributed by atoms with Crippen molar-refractivity contribution in [1.82, 2.24) is 9.88 Å². The summed E-state index contributed by atoms with van der Waals surface area (Å²) in [6, 6.07) is 1.22. The molecule has 1 aromatic heterocycles. The van der Waals surface area contributed by atoms with Crippen LogP contribution in [0.25, 0.3) is 0 Å². The molecule has 0 spiro atoms. The number of amides is 1. The first-order valence-corrected chi connectivity index (χ1v) is 6.96. The number of anilines is 1. The van der Waals surface area contributed by atoms with Gasteiger partial charge in [-0.3, -0.25) is 4.79 Å². The number of alkyl halides is 3. The number of hydrogen-bond donors (Lipinski definition) is 1. The van der Waals surface area contributed by atoms with Crippen LogP contribution >= 0.6 is 0 Å². The molecule has 21 heavy (non-hydrogen) atoms. The van der Waals surface area contributed by atoms with E-state index in [1.807, 2.05) is 0 Å². The molecule has 0 aromatic carbocycles. The highest BCUT2D eigenvalue weighted by Gasteiger charge is 2.31. The Labute approximate surface area is 121 Å². The van der Waals surface area contributed by atoms with Crippen molar-refractivity contribution in [1.29, 1.82) is 0 Å².